The van der Waals surface area contributed by atoms with E-state index in [1.165, 1.54) is 6.33 Å². The van der Waals surface area contributed by atoms with Crippen LogP contribution in [0.1, 0.15) is 17.0 Å². The van der Waals surface area contributed by atoms with Gasteiger partial charge in [0, 0.05) is 37.3 Å². The Bertz CT molecular complexity index is 362. The lowest BCUT2D eigenvalue weighted by atomic mass is 9.95. The van der Waals surface area contributed by atoms with Crippen molar-refractivity contribution in [1.82, 2.24) is 15.0 Å². The van der Waals surface area contributed by atoms with Crippen molar-refractivity contribution in [2.75, 3.05) is 6.54 Å². The van der Waals surface area contributed by atoms with Gasteiger partial charge in [0.1, 0.15) is 6.33 Å². The van der Waals surface area contributed by atoms with Crippen LogP contribution in [0.25, 0.3) is 0 Å². The third kappa shape index (κ3) is 2.16. The van der Waals surface area contributed by atoms with Crippen LogP contribution in [0.3, 0.4) is 0 Å². The molecule has 1 atom stereocenters. The Morgan fingerprint density at radius 1 is 1.07 bits per heavy atom. The van der Waals surface area contributed by atoms with Crippen LogP contribution in [0.5, 0.6) is 0 Å². The summed E-state index contributed by atoms with van der Waals surface area (Å²) in [6.45, 7) is 0.527. The van der Waals surface area contributed by atoms with Gasteiger partial charge in [0.05, 0.1) is 0 Å². The SMILES string of the molecule is NCC(c1cccnc1)c1cncnc1. The van der Waals surface area contributed by atoms with E-state index in [0.717, 1.165) is 11.1 Å². The molecule has 0 amide bonds. The first-order valence-electron chi connectivity index (χ1n) is 4.76. The molecule has 76 valence electrons. The van der Waals surface area contributed by atoms with E-state index >= 15 is 0 Å². The van der Waals surface area contributed by atoms with Gasteiger partial charge in [-0.1, -0.05) is 6.07 Å². The molecule has 0 fully saturated rings. The van der Waals surface area contributed by atoms with Gasteiger partial charge < -0.3 is 5.73 Å². The summed E-state index contributed by atoms with van der Waals surface area (Å²) in [7, 11) is 0. The molecule has 2 rings (SSSR count). The van der Waals surface area contributed by atoms with Crippen LogP contribution in [0.15, 0.2) is 43.2 Å². The van der Waals surface area contributed by atoms with Gasteiger partial charge in [-0.25, -0.2) is 9.97 Å². The summed E-state index contributed by atoms with van der Waals surface area (Å²) in [4.78, 5) is 12.1. The zero-order chi connectivity index (χ0) is 10.5. The lowest BCUT2D eigenvalue weighted by Gasteiger charge is -2.13. The summed E-state index contributed by atoms with van der Waals surface area (Å²) in [5, 5.41) is 0. The molecule has 2 aromatic heterocycles. The number of nitrogens with zero attached hydrogens (tertiary/aromatic N) is 3. The fraction of sp³-hybridized carbons (Fsp3) is 0.182. The molecule has 0 aromatic carbocycles. The molecule has 0 aliphatic heterocycles. The van der Waals surface area contributed by atoms with Gasteiger partial charge in [-0.05, 0) is 17.2 Å². The maximum absolute atomic E-state index is 5.75. The summed E-state index contributed by atoms with van der Waals surface area (Å²) < 4.78 is 0. The predicted molar refractivity (Wildman–Crippen MR) is 57.2 cm³/mol. The Kier molecular flexibility index (Phi) is 2.99. The molecule has 2 N–H and O–H groups in total. The van der Waals surface area contributed by atoms with Crippen LogP contribution in [0.2, 0.25) is 0 Å². The van der Waals surface area contributed by atoms with Crippen molar-refractivity contribution in [3.63, 3.8) is 0 Å². The number of rotatable bonds is 3. The highest BCUT2D eigenvalue weighted by Gasteiger charge is 2.12. The highest BCUT2D eigenvalue weighted by atomic mass is 14.8. The predicted octanol–water partition coefficient (Wildman–Crippen LogP) is 0.962. The fourth-order valence-corrected chi connectivity index (χ4v) is 1.54. The summed E-state index contributed by atoms with van der Waals surface area (Å²) in [5.74, 6) is 0.125. The van der Waals surface area contributed by atoms with E-state index in [1.54, 1.807) is 18.6 Å². The molecular formula is C11H12N4. The first kappa shape index (κ1) is 9.73. The Hall–Kier alpha value is -1.81. The highest BCUT2D eigenvalue weighted by molar-refractivity contribution is 5.27. The molecule has 0 radical (unpaired) electrons. The summed E-state index contributed by atoms with van der Waals surface area (Å²) in [6.07, 6.45) is 8.67. The monoisotopic (exact) mass is 200 g/mol. The van der Waals surface area contributed by atoms with Crippen LogP contribution < -0.4 is 5.73 Å². The Labute approximate surface area is 88.2 Å². The summed E-state index contributed by atoms with van der Waals surface area (Å²) in [5.41, 5.74) is 7.87. The van der Waals surface area contributed by atoms with Gasteiger partial charge in [0.2, 0.25) is 0 Å². The van der Waals surface area contributed by atoms with E-state index in [-0.39, 0.29) is 5.92 Å². The third-order valence-corrected chi connectivity index (χ3v) is 2.31. The largest absolute Gasteiger partial charge is 0.330 e. The van der Waals surface area contributed by atoms with Crippen LogP contribution in [0, 0.1) is 0 Å². The Balaban J connectivity index is 2.34. The van der Waals surface area contributed by atoms with E-state index in [9.17, 15) is 0 Å². The minimum atomic E-state index is 0.125. The number of hydrogen-bond acceptors (Lipinski definition) is 4. The lowest BCUT2D eigenvalue weighted by Crippen LogP contribution is -2.14. The van der Waals surface area contributed by atoms with Crippen molar-refractivity contribution in [2.45, 2.75) is 5.92 Å². The van der Waals surface area contributed by atoms with Crippen LogP contribution >= 0.6 is 0 Å². The van der Waals surface area contributed by atoms with Crippen LogP contribution in [-0.2, 0) is 0 Å². The molecule has 0 spiro atoms. The molecule has 15 heavy (non-hydrogen) atoms. The molecule has 2 heterocycles. The average Bonchev–Trinajstić information content (AvgIpc) is 2.33. The normalized spacial score (nSPS) is 12.3. The van der Waals surface area contributed by atoms with Crippen LogP contribution in [-0.4, -0.2) is 21.5 Å². The molecule has 4 heteroatoms. The van der Waals surface area contributed by atoms with Gasteiger partial charge in [0.25, 0.3) is 0 Å². The molecule has 0 aliphatic carbocycles. The van der Waals surface area contributed by atoms with Crippen molar-refractivity contribution in [2.24, 2.45) is 5.73 Å². The molecular weight excluding hydrogens is 188 g/mol. The molecule has 0 aliphatic rings. The van der Waals surface area contributed by atoms with E-state index in [0.29, 0.717) is 6.54 Å². The topological polar surface area (TPSA) is 64.7 Å². The van der Waals surface area contributed by atoms with Gasteiger partial charge in [-0.15, -0.1) is 0 Å². The van der Waals surface area contributed by atoms with Crippen molar-refractivity contribution >= 4 is 0 Å². The van der Waals surface area contributed by atoms with Gasteiger partial charge in [0.15, 0.2) is 0 Å². The van der Waals surface area contributed by atoms with Gasteiger partial charge in [-0.3, -0.25) is 4.98 Å². The maximum Gasteiger partial charge on any atom is 0.115 e. The van der Waals surface area contributed by atoms with E-state index < -0.39 is 0 Å². The standard InChI is InChI=1S/C11H12N4/c12-4-11(9-2-1-3-13-5-9)10-6-14-8-15-7-10/h1-3,5-8,11H,4,12H2. The summed E-state index contributed by atoms with van der Waals surface area (Å²) >= 11 is 0. The quantitative estimate of drug-likeness (QED) is 0.801. The number of hydrogen-bond donors (Lipinski definition) is 1. The Morgan fingerprint density at radius 2 is 1.80 bits per heavy atom. The first-order chi connectivity index (χ1) is 7.42. The minimum Gasteiger partial charge on any atom is -0.330 e. The third-order valence-electron chi connectivity index (χ3n) is 2.31. The molecule has 0 saturated carbocycles. The van der Waals surface area contributed by atoms with Crippen molar-refractivity contribution < 1.29 is 0 Å². The van der Waals surface area contributed by atoms with Crippen molar-refractivity contribution in [3.8, 4) is 0 Å². The number of nitrogens with two attached hydrogens (primary N) is 1. The second kappa shape index (κ2) is 4.61. The Morgan fingerprint density at radius 3 is 2.40 bits per heavy atom. The average molecular weight is 200 g/mol. The molecule has 4 nitrogen and oxygen atoms in total. The fourth-order valence-electron chi connectivity index (χ4n) is 1.54. The zero-order valence-corrected chi connectivity index (χ0v) is 8.24. The molecule has 0 saturated heterocycles. The number of aromatic nitrogens is 3. The lowest BCUT2D eigenvalue weighted by molar-refractivity contribution is 0.800. The zero-order valence-electron chi connectivity index (χ0n) is 8.24. The molecule has 2 aromatic rings. The second-order valence-corrected chi connectivity index (χ2v) is 3.25. The van der Waals surface area contributed by atoms with Gasteiger partial charge in [-0.2, -0.15) is 0 Å². The first-order valence-corrected chi connectivity index (χ1v) is 4.76. The van der Waals surface area contributed by atoms with Crippen molar-refractivity contribution in [1.29, 1.82) is 0 Å². The van der Waals surface area contributed by atoms with E-state index in [1.807, 2.05) is 18.3 Å². The molecule has 0 bridgehead atoms. The van der Waals surface area contributed by atoms with Crippen molar-refractivity contribution in [3.05, 3.63) is 54.4 Å². The number of pyridine rings is 1. The molecule has 1 unspecified atom stereocenters. The second-order valence-electron chi connectivity index (χ2n) is 3.25. The van der Waals surface area contributed by atoms with Crippen LogP contribution in [0.4, 0.5) is 0 Å². The van der Waals surface area contributed by atoms with E-state index in [4.69, 9.17) is 5.73 Å². The highest BCUT2D eigenvalue weighted by Crippen LogP contribution is 2.20. The summed E-state index contributed by atoms with van der Waals surface area (Å²) in [6, 6.07) is 3.92. The maximum atomic E-state index is 5.75. The van der Waals surface area contributed by atoms with E-state index in [2.05, 4.69) is 15.0 Å². The van der Waals surface area contributed by atoms with Gasteiger partial charge >= 0.3 is 0 Å². The minimum absolute atomic E-state index is 0.125. The smallest absolute Gasteiger partial charge is 0.115 e.